The molecule has 0 aliphatic carbocycles. The van der Waals surface area contributed by atoms with Gasteiger partial charge in [0.25, 0.3) is 5.91 Å². The quantitative estimate of drug-likeness (QED) is 0.597. The van der Waals surface area contributed by atoms with Crippen LogP contribution in [0.3, 0.4) is 0 Å². The van der Waals surface area contributed by atoms with E-state index in [1.165, 1.54) is 4.31 Å². The van der Waals surface area contributed by atoms with Crippen molar-refractivity contribution in [3.8, 4) is 0 Å². The Hall–Kier alpha value is -2.96. The molecule has 0 saturated heterocycles. The molecule has 6 heteroatoms. The average Bonchev–Trinajstić information content (AvgIpc) is 2.75. The lowest BCUT2D eigenvalue weighted by molar-refractivity contribution is 0.102. The van der Waals surface area contributed by atoms with Crippen LogP contribution in [0.25, 0.3) is 0 Å². The van der Waals surface area contributed by atoms with Gasteiger partial charge in [0.2, 0.25) is 10.0 Å². The first-order valence-electron chi connectivity index (χ1n) is 9.84. The summed E-state index contributed by atoms with van der Waals surface area (Å²) in [6, 6.07) is 21.3. The molecule has 0 aromatic heterocycles. The van der Waals surface area contributed by atoms with Gasteiger partial charge in [0.05, 0.1) is 4.90 Å². The molecule has 0 aliphatic rings. The number of anilines is 1. The fourth-order valence-corrected chi connectivity index (χ4v) is 4.73. The van der Waals surface area contributed by atoms with Crippen LogP contribution in [0.15, 0.2) is 77.7 Å². The molecule has 30 heavy (non-hydrogen) atoms. The van der Waals surface area contributed by atoms with Crippen molar-refractivity contribution in [1.82, 2.24) is 4.31 Å². The lowest BCUT2D eigenvalue weighted by Crippen LogP contribution is -2.30. The number of rotatable bonds is 7. The zero-order valence-corrected chi connectivity index (χ0v) is 18.2. The maximum atomic E-state index is 12.9. The minimum atomic E-state index is -3.57. The number of nitrogens with one attached hydrogen (secondary N) is 1. The number of sulfonamides is 1. The lowest BCUT2D eigenvalue weighted by Gasteiger charge is -2.20. The Morgan fingerprint density at radius 2 is 1.47 bits per heavy atom. The van der Waals surface area contributed by atoms with Gasteiger partial charge < -0.3 is 5.32 Å². The molecule has 0 bridgehead atoms. The fraction of sp³-hybridized carbons (Fsp3) is 0.208. The summed E-state index contributed by atoms with van der Waals surface area (Å²) < 4.78 is 27.2. The minimum Gasteiger partial charge on any atom is -0.322 e. The average molecular weight is 423 g/mol. The molecule has 0 radical (unpaired) electrons. The molecule has 0 spiro atoms. The predicted octanol–water partition coefficient (Wildman–Crippen LogP) is 4.77. The lowest BCUT2D eigenvalue weighted by atomic mass is 10.1. The van der Waals surface area contributed by atoms with Crippen molar-refractivity contribution in [3.05, 3.63) is 95.1 Å². The molecular formula is C24H26N2O3S. The molecule has 0 saturated carbocycles. The summed E-state index contributed by atoms with van der Waals surface area (Å²) >= 11 is 0. The molecule has 1 amide bonds. The van der Waals surface area contributed by atoms with Crippen molar-refractivity contribution in [2.75, 3.05) is 11.9 Å². The van der Waals surface area contributed by atoms with Gasteiger partial charge in [0.1, 0.15) is 0 Å². The number of nitrogens with zero attached hydrogens (tertiary/aromatic N) is 1. The van der Waals surface area contributed by atoms with Crippen molar-refractivity contribution < 1.29 is 13.2 Å². The van der Waals surface area contributed by atoms with Crippen molar-refractivity contribution in [2.24, 2.45) is 0 Å². The normalized spacial score (nSPS) is 11.5. The van der Waals surface area contributed by atoms with E-state index >= 15 is 0 Å². The standard InChI is InChI=1S/C24H26N2O3S/c1-4-26(30(28,29)22-11-6-5-7-12-22)17-20-13-15-21(16-14-20)24(27)25-23-18(2)9-8-10-19(23)3/h5-16H,4,17H2,1-3H3,(H,25,27). The van der Waals surface area contributed by atoms with Crippen LogP contribution in [-0.2, 0) is 16.6 Å². The molecule has 0 unspecified atom stereocenters. The largest absolute Gasteiger partial charge is 0.322 e. The number of carbonyl (C=O) groups is 1. The molecule has 3 aromatic rings. The zero-order chi connectivity index (χ0) is 21.7. The van der Waals surface area contributed by atoms with Gasteiger partial charge in [-0.1, -0.05) is 55.5 Å². The summed E-state index contributed by atoms with van der Waals surface area (Å²) in [6.07, 6.45) is 0. The Kier molecular flexibility index (Phi) is 6.70. The summed E-state index contributed by atoms with van der Waals surface area (Å²) in [4.78, 5) is 12.9. The SMILES string of the molecule is CCN(Cc1ccc(C(=O)Nc2c(C)cccc2C)cc1)S(=O)(=O)c1ccccc1. The number of benzene rings is 3. The Bertz CT molecular complexity index is 1100. The molecule has 0 heterocycles. The summed E-state index contributed by atoms with van der Waals surface area (Å²) in [5, 5.41) is 2.97. The van der Waals surface area contributed by atoms with Crippen LogP contribution in [0, 0.1) is 13.8 Å². The van der Waals surface area contributed by atoms with Gasteiger partial charge in [-0.05, 0) is 54.8 Å². The van der Waals surface area contributed by atoms with E-state index in [0.29, 0.717) is 12.1 Å². The monoisotopic (exact) mass is 422 g/mol. The minimum absolute atomic E-state index is 0.191. The number of hydrogen-bond acceptors (Lipinski definition) is 3. The van der Waals surface area contributed by atoms with Crippen LogP contribution in [0.4, 0.5) is 5.69 Å². The molecule has 1 N–H and O–H groups in total. The van der Waals surface area contributed by atoms with Crippen LogP contribution in [0.1, 0.15) is 34.0 Å². The summed E-state index contributed by atoms with van der Waals surface area (Å²) in [6.45, 7) is 6.32. The smallest absolute Gasteiger partial charge is 0.255 e. The van der Waals surface area contributed by atoms with Gasteiger partial charge in [0, 0.05) is 24.3 Å². The van der Waals surface area contributed by atoms with Gasteiger partial charge in [-0.3, -0.25) is 4.79 Å². The maximum Gasteiger partial charge on any atom is 0.255 e. The number of carbonyl (C=O) groups excluding carboxylic acids is 1. The van der Waals surface area contributed by atoms with E-state index in [0.717, 1.165) is 22.4 Å². The Morgan fingerprint density at radius 1 is 0.867 bits per heavy atom. The number of aryl methyl sites for hydroxylation is 2. The summed E-state index contributed by atoms with van der Waals surface area (Å²) in [5.41, 5.74) is 4.17. The van der Waals surface area contributed by atoms with Crippen molar-refractivity contribution in [2.45, 2.75) is 32.2 Å². The molecule has 0 atom stereocenters. The van der Waals surface area contributed by atoms with E-state index in [1.807, 2.05) is 39.0 Å². The van der Waals surface area contributed by atoms with Crippen LogP contribution in [0.2, 0.25) is 0 Å². The van der Waals surface area contributed by atoms with Crippen LogP contribution in [0.5, 0.6) is 0 Å². The molecule has 0 fully saturated rings. The molecule has 0 aliphatic heterocycles. The first-order chi connectivity index (χ1) is 14.3. The van der Waals surface area contributed by atoms with Crippen LogP contribution >= 0.6 is 0 Å². The predicted molar refractivity (Wildman–Crippen MR) is 120 cm³/mol. The van der Waals surface area contributed by atoms with E-state index < -0.39 is 10.0 Å². The number of amides is 1. The second-order valence-electron chi connectivity index (χ2n) is 7.16. The van der Waals surface area contributed by atoms with Gasteiger partial charge in [0.15, 0.2) is 0 Å². The third kappa shape index (κ3) is 4.78. The highest BCUT2D eigenvalue weighted by molar-refractivity contribution is 7.89. The Labute approximate surface area is 178 Å². The Balaban J connectivity index is 1.74. The third-order valence-electron chi connectivity index (χ3n) is 5.03. The molecule has 3 aromatic carbocycles. The maximum absolute atomic E-state index is 12.9. The van der Waals surface area contributed by atoms with E-state index in [-0.39, 0.29) is 17.3 Å². The zero-order valence-electron chi connectivity index (χ0n) is 17.4. The van der Waals surface area contributed by atoms with Crippen molar-refractivity contribution in [1.29, 1.82) is 0 Å². The summed E-state index contributed by atoms with van der Waals surface area (Å²) in [7, 11) is -3.57. The Morgan fingerprint density at radius 3 is 2.03 bits per heavy atom. The van der Waals surface area contributed by atoms with E-state index in [9.17, 15) is 13.2 Å². The third-order valence-corrected chi connectivity index (χ3v) is 6.96. The number of hydrogen-bond donors (Lipinski definition) is 1. The second kappa shape index (κ2) is 9.24. The van der Waals surface area contributed by atoms with Gasteiger partial charge in [-0.15, -0.1) is 0 Å². The molecular weight excluding hydrogens is 396 g/mol. The van der Waals surface area contributed by atoms with Crippen LogP contribution < -0.4 is 5.32 Å². The van der Waals surface area contributed by atoms with Crippen molar-refractivity contribution >= 4 is 21.6 Å². The highest BCUT2D eigenvalue weighted by Gasteiger charge is 2.23. The van der Waals surface area contributed by atoms with E-state index in [4.69, 9.17) is 0 Å². The molecule has 3 rings (SSSR count). The second-order valence-corrected chi connectivity index (χ2v) is 9.10. The first-order valence-corrected chi connectivity index (χ1v) is 11.3. The van der Waals surface area contributed by atoms with Crippen LogP contribution in [-0.4, -0.2) is 25.2 Å². The number of para-hydroxylation sites is 1. The van der Waals surface area contributed by atoms with Gasteiger partial charge in [-0.25, -0.2) is 8.42 Å². The van der Waals surface area contributed by atoms with Crippen molar-refractivity contribution in [3.63, 3.8) is 0 Å². The molecule has 156 valence electrons. The highest BCUT2D eigenvalue weighted by Crippen LogP contribution is 2.21. The first kappa shape index (κ1) is 21.7. The highest BCUT2D eigenvalue weighted by atomic mass is 32.2. The van der Waals surface area contributed by atoms with E-state index in [2.05, 4.69) is 5.32 Å². The summed E-state index contributed by atoms with van der Waals surface area (Å²) in [5.74, 6) is -0.191. The molecule has 5 nitrogen and oxygen atoms in total. The topological polar surface area (TPSA) is 66.5 Å². The van der Waals surface area contributed by atoms with E-state index in [1.54, 1.807) is 54.6 Å². The fourth-order valence-electron chi connectivity index (χ4n) is 3.27. The van der Waals surface area contributed by atoms with Gasteiger partial charge in [-0.2, -0.15) is 4.31 Å². The van der Waals surface area contributed by atoms with Gasteiger partial charge >= 0.3 is 0 Å².